The topological polar surface area (TPSA) is 58.1 Å². The molecule has 0 bridgehead atoms. The molecule has 28 heavy (non-hydrogen) atoms. The Hall–Kier alpha value is -3.31. The molecule has 1 aromatic heterocycles. The van der Waals surface area contributed by atoms with Crippen molar-refractivity contribution in [3.8, 4) is 11.3 Å². The van der Waals surface area contributed by atoms with Crippen LogP contribution in [0.4, 0.5) is 0 Å². The van der Waals surface area contributed by atoms with Gasteiger partial charge in [-0.05, 0) is 43.1 Å². The summed E-state index contributed by atoms with van der Waals surface area (Å²) in [5.74, 6) is -0.127. The van der Waals surface area contributed by atoms with Crippen molar-refractivity contribution in [1.29, 1.82) is 0 Å². The Morgan fingerprint density at radius 2 is 1.82 bits per heavy atom. The smallest absolute Gasteiger partial charge is 0.253 e. The number of aromatic nitrogens is 2. The number of hydrogen-bond acceptors (Lipinski definition) is 4. The standard InChI is InChI=1S/C23H22N4O/c1-27(2)13-12-24-23(28)19-8-5-9-20-22(19)26-21(15-25-20)18-11-10-16-6-3-4-7-17(16)14-18/h3-11,14-15H,12-13H2,1-2H3,(H,24,28). The highest BCUT2D eigenvalue weighted by molar-refractivity contribution is 6.05. The van der Waals surface area contributed by atoms with Crippen LogP contribution in [0.1, 0.15) is 10.4 Å². The maximum atomic E-state index is 12.7. The molecule has 140 valence electrons. The Balaban J connectivity index is 1.71. The van der Waals surface area contributed by atoms with E-state index >= 15 is 0 Å². The van der Waals surface area contributed by atoms with Crippen LogP contribution in [-0.2, 0) is 0 Å². The zero-order valence-electron chi connectivity index (χ0n) is 16.0. The zero-order valence-corrected chi connectivity index (χ0v) is 16.0. The second-order valence-corrected chi connectivity index (χ2v) is 7.05. The van der Waals surface area contributed by atoms with Crippen LogP contribution < -0.4 is 5.32 Å². The lowest BCUT2D eigenvalue weighted by molar-refractivity contribution is 0.0952. The number of amides is 1. The largest absolute Gasteiger partial charge is 0.351 e. The number of rotatable bonds is 5. The van der Waals surface area contributed by atoms with Gasteiger partial charge in [-0.2, -0.15) is 0 Å². The lowest BCUT2D eigenvalue weighted by atomic mass is 10.0. The molecule has 0 saturated carbocycles. The van der Waals surface area contributed by atoms with Gasteiger partial charge in [0.2, 0.25) is 0 Å². The molecule has 0 saturated heterocycles. The normalized spacial score (nSPS) is 11.2. The van der Waals surface area contributed by atoms with Crippen molar-refractivity contribution in [1.82, 2.24) is 20.2 Å². The summed E-state index contributed by atoms with van der Waals surface area (Å²) in [6.45, 7) is 1.37. The van der Waals surface area contributed by atoms with E-state index in [4.69, 9.17) is 4.98 Å². The average molecular weight is 370 g/mol. The average Bonchev–Trinajstić information content (AvgIpc) is 2.72. The molecule has 0 spiro atoms. The van der Waals surface area contributed by atoms with Gasteiger partial charge < -0.3 is 10.2 Å². The third-order valence-electron chi connectivity index (χ3n) is 4.71. The molecule has 0 unspecified atom stereocenters. The van der Waals surface area contributed by atoms with E-state index in [9.17, 15) is 4.79 Å². The van der Waals surface area contributed by atoms with Crippen molar-refractivity contribution in [2.45, 2.75) is 0 Å². The van der Waals surface area contributed by atoms with Gasteiger partial charge in [-0.3, -0.25) is 9.78 Å². The molecule has 1 amide bonds. The molecular formula is C23H22N4O. The Labute approximate surface area is 164 Å². The van der Waals surface area contributed by atoms with Crippen molar-refractivity contribution >= 4 is 27.7 Å². The molecule has 0 fully saturated rings. The zero-order chi connectivity index (χ0) is 19.5. The second kappa shape index (κ2) is 7.74. The number of hydrogen-bond donors (Lipinski definition) is 1. The van der Waals surface area contributed by atoms with Gasteiger partial charge in [0.05, 0.1) is 23.0 Å². The molecule has 3 aromatic carbocycles. The molecular weight excluding hydrogens is 348 g/mol. The molecule has 5 heteroatoms. The number of nitrogens with zero attached hydrogens (tertiary/aromatic N) is 3. The first kappa shape index (κ1) is 18.1. The molecule has 0 aliphatic rings. The van der Waals surface area contributed by atoms with Gasteiger partial charge >= 0.3 is 0 Å². The summed E-state index contributed by atoms with van der Waals surface area (Å²) in [4.78, 5) is 24.0. The van der Waals surface area contributed by atoms with Gasteiger partial charge in [-0.25, -0.2) is 4.98 Å². The first-order valence-electron chi connectivity index (χ1n) is 9.30. The highest BCUT2D eigenvalue weighted by Gasteiger charge is 2.13. The molecule has 1 heterocycles. The van der Waals surface area contributed by atoms with Gasteiger partial charge in [0.1, 0.15) is 5.52 Å². The maximum Gasteiger partial charge on any atom is 0.253 e. The van der Waals surface area contributed by atoms with Crippen LogP contribution in [0, 0.1) is 0 Å². The highest BCUT2D eigenvalue weighted by Crippen LogP contribution is 2.25. The minimum absolute atomic E-state index is 0.127. The number of para-hydroxylation sites is 1. The summed E-state index contributed by atoms with van der Waals surface area (Å²) in [6, 6.07) is 20.0. The Kier molecular flexibility index (Phi) is 5.00. The summed E-state index contributed by atoms with van der Waals surface area (Å²) in [5, 5.41) is 5.29. The third kappa shape index (κ3) is 3.70. The second-order valence-electron chi connectivity index (χ2n) is 7.05. The van der Waals surface area contributed by atoms with E-state index in [1.54, 1.807) is 12.3 Å². The van der Waals surface area contributed by atoms with E-state index in [1.807, 2.05) is 49.3 Å². The number of carbonyl (C=O) groups is 1. The van der Waals surface area contributed by atoms with E-state index in [0.29, 0.717) is 23.1 Å². The quantitative estimate of drug-likeness (QED) is 0.581. The molecule has 5 nitrogen and oxygen atoms in total. The molecule has 4 aromatic rings. The molecule has 0 radical (unpaired) electrons. The number of carbonyl (C=O) groups excluding carboxylic acids is 1. The van der Waals surface area contributed by atoms with E-state index < -0.39 is 0 Å². The van der Waals surface area contributed by atoms with Gasteiger partial charge in [-0.15, -0.1) is 0 Å². The Morgan fingerprint density at radius 1 is 1.00 bits per heavy atom. The number of benzene rings is 3. The summed E-state index contributed by atoms with van der Waals surface area (Å²) in [7, 11) is 3.96. The molecule has 0 atom stereocenters. The minimum atomic E-state index is -0.127. The fourth-order valence-electron chi connectivity index (χ4n) is 3.19. The van der Waals surface area contributed by atoms with Crippen molar-refractivity contribution in [2.24, 2.45) is 0 Å². The van der Waals surface area contributed by atoms with Gasteiger partial charge in [0.15, 0.2) is 0 Å². The lowest BCUT2D eigenvalue weighted by Crippen LogP contribution is -2.31. The van der Waals surface area contributed by atoms with Crippen LogP contribution in [0.3, 0.4) is 0 Å². The SMILES string of the molecule is CN(C)CCNC(=O)c1cccc2ncc(-c3ccc4ccccc4c3)nc12. The van der Waals surface area contributed by atoms with Crippen LogP contribution >= 0.6 is 0 Å². The van der Waals surface area contributed by atoms with E-state index in [1.165, 1.54) is 5.39 Å². The lowest BCUT2D eigenvalue weighted by Gasteiger charge is -2.11. The van der Waals surface area contributed by atoms with Crippen molar-refractivity contribution in [3.05, 3.63) is 72.4 Å². The summed E-state index contributed by atoms with van der Waals surface area (Å²) < 4.78 is 0. The van der Waals surface area contributed by atoms with E-state index in [2.05, 4.69) is 34.6 Å². The van der Waals surface area contributed by atoms with E-state index in [0.717, 1.165) is 23.2 Å². The summed E-state index contributed by atoms with van der Waals surface area (Å²) in [6.07, 6.45) is 1.76. The third-order valence-corrected chi connectivity index (χ3v) is 4.71. The first-order chi connectivity index (χ1) is 13.6. The van der Waals surface area contributed by atoms with Crippen LogP contribution in [0.5, 0.6) is 0 Å². The molecule has 0 aliphatic carbocycles. The summed E-state index contributed by atoms with van der Waals surface area (Å²) in [5.41, 5.74) is 3.62. The van der Waals surface area contributed by atoms with Crippen LogP contribution in [0.2, 0.25) is 0 Å². The monoisotopic (exact) mass is 370 g/mol. The summed E-state index contributed by atoms with van der Waals surface area (Å²) >= 11 is 0. The number of likely N-dealkylation sites (N-methyl/N-ethyl adjacent to an activating group) is 1. The van der Waals surface area contributed by atoms with Gasteiger partial charge in [0, 0.05) is 18.7 Å². The fraction of sp³-hybridized carbons (Fsp3) is 0.174. The van der Waals surface area contributed by atoms with Gasteiger partial charge in [0.25, 0.3) is 5.91 Å². The number of fused-ring (bicyclic) bond motifs is 2. The highest BCUT2D eigenvalue weighted by atomic mass is 16.1. The van der Waals surface area contributed by atoms with Crippen molar-refractivity contribution < 1.29 is 4.79 Å². The minimum Gasteiger partial charge on any atom is -0.351 e. The molecule has 0 aliphatic heterocycles. The Bertz CT molecular complexity index is 1150. The number of nitrogens with one attached hydrogen (secondary N) is 1. The first-order valence-corrected chi connectivity index (χ1v) is 9.30. The Morgan fingerprint density at radius 3 is 2.64 bits per heavy atom. The van der Waals surface area contributed by atoms with Gasteiger partial charge in [-0.1, -0.05) is 42.5 Å². The van der Waals surface area contributed by atoms with E-state index in [-0.39, 0.29) is 5.91 Å². The predicted molar refractivity (Wildman–Crippen MR) is 113 cm³/mol. The predicted octanol–water partition coefficient (Wildman–Crippen LogP) is 3.74. The van der Waals surface area contributed by atoms with Crippen LogP contribution in [0.15, 0.2) is 66.9 Å². The van der Waals surface area contributed by atoms with Crippen LogP contribution in [0.25, 0.3) is 33.1 Å². The van der Waals surface area contributed by atoms with Crippen molar-refractivity contribution in [3.63, 3.8) is 0 Å². The fourth-order valence-corrected chi connectivity index (χ4v) is 3.19. The van der Waals surface area contributed by atoms with Crippen molar-refractivity contribution in [2.75, 3.05) is 27.2 Å². The molecule has 4 rings (SSSR count). The van der Waals surface area contributed by atoms with Crippen LogP contribution in [-0.4, -0.2) is 48.0 Å². The molecule has 1 N–H and O–H groups in total. The maximum absolute atomic E-state index is 12.7.